The minimum atomic E-state index is 0. The number of nitrogens with zero attached hydrogens (tertiary/aromatic N) is 1. The third-order valence-corrected chi connectivity index (χ3v) is 5.41. The van der Waals surface area contributed by atoms with Crippen LogP contribution in [-0.4, -0.2) is 30.6 Å². The van der Waals surface area contributed by atoms with Crippen molar-refractivity contribution in [2.24, 2.45) is 11.7 Å². The normalized spacial score (nSPS) is 20.3. The van der Waals surface area contributed by atoms with Crippen LogP contribution in [-0.2, 0) is 6.54 Å². The van der Waals surface area contributed by atoms with Crippen LogP contribution in [0.1, 0.15) is 31.2 Å². The molecule has 1 saturated heterocycles. The Balaban J connectivity index is 0.00000121. The molecule has 3 nitrogen and oxygen atoms in total. The SMILES string of the molecule is NC1CCCN(Cc2cc(Cl)c(OCC3CC3)c3ccccc23)C1.[CH3-].[Cs+]. The van der Waals surface area contributed by atoms with Crippen LogP contribution in [0.2, 0.25) is 5.02 Å². The number of ether oxygens (including phenoxy) is 1. The van der Waals surface area contributed by atoms with Crippen LogP contribution in [0.15, 0.2) is 30.3 Å². The van der Waals surface area contributed by atoms with Crippen LogP contribution in [0.25, 0.3) is 10.8 Å². The summed E-state index contributed by atoms with van der Waals surface area (Å²) in [4.78, 5) is 2.44. The van der Waals surface area contributed by atoms with Gasteiger partial charge in [0, 0.05) is 24.5 Å². The molecular formula is C21H28ClCsN2O. The van der Waals surface area contributed by atoms with Gasteiger partial charge in [-0.15, -0.1) is 0 Å². The first-order chi connectivity index (χ1) is 11.7. The molecule has 2 aliphatic rings. The van der Waals surface area contributed by atoms with E-state index >= 15 is 0 Å². The number of rotatable bonds is 5. The van der Waals surface area contributed by atoms with Crippen LogP contribution < -0.4 is 79.4 Å². The van der Waals surface area contributed by atoms with E-state index in [1.165, 1.54) is 30.2 Å². The van der Waals surface area contributed by atoms with E-state index in [-0.39, 0.29) is 76.3 Å². The van der Waals surface area contributed by atoms with Gasteiger partial charge in [0.05, 0.1) is 11.6 Å². The average molecular weight is 493 g/mol. The van der Waals surface area contributed by atoms with Gasteiger partial charge in [0.15, 0.2) is 0 Å². The Morgan fingerprint density at radius 3 is 2.58 bits per heavy atom. The fraction of sp³-hybridized carbons (Fsp3) is 0.476. The van der Waals surface area contributed by atoms with Crippen molar-refractivity contribution in [1.29, 1.82) is 0 Å². The first-order valence-corrected chi connectivity index (χ1v) is 9.39. The predicted octanol–water partition coefficient (Wildman–Crippen LogP) is 1.66. The number of hydrogen-bond acceptors (Lipinski definition) is 3. The third-order valence-electron chi connectivity index (χ3n) is 5.13. The number of hydrogen-bond donors (Lipinski definition) is 1. The van der Waals surface area contributed by atoms with Gasteiger partial charge in [0.1, 0.15) is 5.75 Å². The molecule has 2 fully saturated rings. The average Bonchev–Trinajstić information content (AvgIpc) is 3.39. The van der Waals surface area contributed by atoms with E-state index in [0.717, 1.165) is 48.8 Å². The van der Waals surface area contributed by atoms with Crippen LogP contribution in [0, 0.1) is 13.3 Å². The second-order valence-electron chi connectivity index (χ2n) is 7.28. The van der Waals surface area contributed by atoms with Crippen molar-refractivity contribution in [3.63, 3.8) is 0 Å². The number of benzene rings is 2. The van der Waals surface area contributed by atoms with E-state index in [0.29, 0.717) is 12.0 Å². The minimum Gasteiger partial charge on any atom is -0.491 e. The molecule has 26 heavy (non-hydrogen) atoms. The molecule has 1 heterocycles. The summed E-state index contributed by atoms with van der Waals surface area (Å²) in [5.74, 6) is 1.56. The van der Waals surface area contributed by atoms with Crippen molar-refractivity contribution in [2.75, 3.05) is 19.7 Å². The summed E-state index contributed by atoms with van der Waals surface area (Å²) in [6.07, 6.45) is 4.87. The minimum absolute atomic E-state index is 0. The number of likely N-dealkylation sites (tertiary alicyclic amines) is 1. The van der Waals surface area contributed by atoms with E-state index in [2.05, 4.69) is 35.2 Å². The molecule has 0 amide bonds. The number of fused-ring (bicyclic) bond motifs is 1. The van der Waals surface area contributed by atoms with E-state index in [1.807, 2.05) is 0 Å². The standard InChI is InChI=1S/C20H25ClN2O.CH3.Cs/c21-19-10-15(11-23-9-3-4-16(22)12-23)17-5-1-2-6-18(17)20(19)24-13-14-7-8-14;;/h1-2,5-6,10,14,16H,3-4,7-9,11-13,22H2;1H3;/q;-1;+1. The molecule has 2 N–H and O–H groups in total. The smallest absolute Gasteiger partial charge is 0.491 e. The second-order valence-corrected chi connectivity index (χ2v) is 7.69. The largest absolute Gasteiger partial charge is 1.00 e. The van der Waals surface area contributed by atoms with Gasteiger partial charge in [-0.05, 0) is 55.2 Å². The summed E-state index contributed by atoms with van der Waals surface area (Å²) < 4.78 is 6.07. The molecule has 2 aromatic rings. The van der Waals surface area contributed by atoms with Crippen molar-refractivity contribution >= 4 is 22.4 Å². The first-order valence-electron chi connectivity index (χ1n) is 9.01. The van der Waals surface area contributed by atoms with Gasteiger partial charge >= 0.3 is 68.9 Å². The molecule has 1 atom stereocenters. The number of nitrogens with two attached hydrogens (primary N) is 1. The zero-order valence-corrected chi connectivity index (χ0v) is 23.0. The number of piperidine rings is 1. The van der Waals surface area contributed by atoms with Gasteiger partial charge in [-0.3, -0.25) is 4.90 Å². The van der Waals surface area contributed by atoms with Crippen molar-refractivity contribution in [2.45, 2.75) is 38.3 Å². The Hall–Kier alpha value is 0.762. The maximum atomic E-state index is 6.59. The quantitative estimate of drug-likeness (QED) is 0.645. The Kier molecular flexibility index (Phi) is 9.32. The second kappa shape index (κ2) is 10.5. The van der Waals surface area contributed by atoms with Gasteiger partial charge in [0.2, 0.25) is 0 Å². The Morgan fingerprint density at radius 1 is 1.15 bits per heavy atom. The predicted molar refractivity (Wildman–Crippen MR) is 106 cm³/mol. The molecule has 136 valence electrons. The van der Waals surface area contributed by atoms with Gasteiger partial charge in [-0.25, -0.2) is 0 Å². The maximum absolute atomic E-state index is 6.59. The summed E-state index contributed by atoms with van der Waals surface area (Å²) in [5, 5.41) is 3.10. The summed E-state index contributed by atoms with van der Waals surface area (Å²) in [7, 11) is 0. The first kappa shape index (κ1) is 23.0. The third kappa shape index (κ3) is 5.65. The fourth-order valence-electron chi connectivity index (χ4n) is 3.63. The molecule has 5 heteroatoms. The van der Waals surface area contributed by atoms with Crippen molar-refractivity contribution < 1.29 is 73.6 Å². The van der Waals surface area contributed by atoms with Crippen molar-refractivity contribution in [3.05, 3.63) is 48.3 Å². The zero-order chi connectivity index (χ0) is 16.5. The molecule has 0 aromatic heterocycles. The van der Waals surface area contributed by atoms with Gasteiger partial charge in [0.25, 0.3) is 0 Å². The molecule has 4 rings (SSSR count). The van der Waals surface area contributed by atoms with Gasteiger partial charge < -0.3 is 17.9 Å². The molecule has 0 radical (unpaired) electrons. The van der Waals surface area contributed by atoms with Crippen molar-refractivity contribution in [1.82, 2.24) is 4.90 Å². The van der Waals surface area contributed by atoms with E-state index in [1.54, 1.807) is 0 Å². The zero-order valence-electron chi connectivity index (χ0n) is 16.0. The van der Waals surface area contributed by atoms with E-state index < -0.39 is 0 Å². The summed E-state index contributed by atoms with van der Waals surface area (Å²) in [6, 6.07) is 10.8. The molecule has 1 aliphatic heterocycles. The molecule has 1 aliphatic carbocycles. The van der Waals surface area contributed by atoms with Crippen LogP contribution in [0.5, 0.6) is 5.75 Å². The Morgan fingerprint density at radius 2 is 1.88 bits per heavy atom. The molecule has 1 saturated carbocycles. The van der Waals surface area contributed by atoms with E-state index in [4.69, 9.17) is 22.1 Å². The topological polar surface area (TPSA) is 38.5 Å². The van der Waals surface area contributed by atoms with Crippen LogP contribution in [0.3, 0.4) is 0 Å². The molecule has 0 bridgehead atoms. The Bertz CT molecular complexity index is 735. The van der Waals surface area contributed by atoms with Crippen molar-refractivity contribution in [3.8, 4) is 5.75 Å². The monoisotopic (exact) mass is 492 g/mol. The Labute approximate surface area is 221 Å². The molecule has 0 spiro atoms. The van der Waals surface area contributed by atoms with Crippen LogP contribution in [0.4, 0.5) is 0 Å². The van der Waals surface area contributed by atoms with Gasteiger partial charge in [-0.2, -0.15) is 0 Å². The fourth-order valence-corrected chi connectivity index (χ4v) is 3.91. The molecular weight excluding hydrogens is 465 g/mol. The van der Waals surface area contributed by atoms with E-state index in [9.17, 15) is 0 Å². The summed E-state index contributed by atoms with van der Waals surface area (Å²) in [6.45, 7) is 3.76. The summed E-state index contributed by atoms with van der Waals surface area (Å²) >= 11 is 6.59. The molecule has 1 unspecified atom stereocenters. The number of halogens is 1. The van der Waals surface area contributed by atoms with Gasteiger partial charge in [-0.1, -0.05) is 35.9 Å². The summed E-state index contributed by atoms with van der Waals surface area (Å²) in [5.41, 5.74) is 7.40. The maximum Gasteiger partial charge on any atom is 1.00 e. The van der Waals surface area contributed by atoms with Crippen LogP contribution >= 0.6 is 11.6 Å². The molecule has 2 aromatic carbocycles.